The summed E-state index contributed by atoms with van der Waals surface area (Å²) in [6.07, 6.45) is 1.75. The predicted molar refractivity (Wildman–Crippen MR) is 47.2 cm³/mol. The summed E-state index contributed by atoms with van der Waals surface area (Å²) in [6, 6.07) is 10.4. The van der Waals surface area contributed by atoms with E-state index in [1.165, 1.54) is 10.8 Å². The minimum atomic E-state index is 1.07. The van der Waals surface area contributed by atoms with Crippen molar-refractivity contribution in [2.45, 2.75) is 0 Å². The molecule has 1 heterocycles. The smallest absolute Gasteiger partial charge is 0.129 e. The van der Waals surface area contributed by atoms with Gasteiger partial charge in [0.1, 0.15) is 6.26 Å². The molecule has 0 unspecified atom stereocenters. The number of hydrogen-bond acceptors (Lipinski definition) is 1. The van der Waals surface area contributed by atoms with Gasteiger partial charge in [0, 0.05) is 5.56 Å². The molecule has 0 atom stereocenters. The van der Waals surface area contributed by atoms with Crippen LogP contribution in [0.5, 0.6) is 0 Å². The molecule has 0 amide bonds. The molecule has 1 aromatic rings. The van der Waals surface area contributed by atoms with Crippen LogP contribution in [0.1, 0.15) is 0 Å². The van der Waals surface area contributed by atoms with E-state index in [2.05, 4.69) is 23.4 Å². The van der Waals surface area contributed by atoms with Crippen LogP contribution in [-0.4, -0.2) is 5.16 Å². The lowest BCUT2D eigenvalue weighted by molar-refractivity contribution is 0.425. The molecule has 0 bridgehead atoms. The second kappa shape index (κ2) is 1.91. The van der Waals surface area contributed by atoms with Crippen molar-refractivity contribution < 1.29 is 4.52 Å². The summed E-state index contributed by atoms with van der Waals surface area (Å²) in [5.74, 6) is 0. The number of rotatable bonds is 0. The molecule has 0 saturated heterocycles. The van der Waals surface area contributed by atoms with Gasteiger partial charge in [-0.25, -0.2) is 5.16 Å². The van der Waals surface area contributed by atoms with Crippen molar-refractivity contribution in [1.29, 1.82) is 0 Å². The van der Waals surface area contributed by atoms with Crippen LogP contribution >= 0.6 is 0 Å². The molecule has 58 valence electrons. The zero-order valence-corrected chi connectivity index (χ0v) is 6.37. The number of hydrogen-bond donors (Lipinski definition) is 1. The van der Waals surface area contributed by atoms with Crippen molar-refractivity contribution in [1.82, 2.24) is 5.16 Å². The molecular formula is C10H7NO. The van der Waals surface area contributed by atoms with E-state index < -0.39 is 0 Å². The standard InChI is InChI=1S/C10H7NO/c1-2-4-8-7(3-1)5-10-9(8)6-12-11-10/h1-6,11H. The van der Waals surface area contributed by atoms with Gasteiger partial charge in [0.05, 0.1) is 5.69 Å². The van der Waals surface area contributed by atoms with E-state index in [1.807, 2.05) is 12.1 Å². The first kappa shape index (κ1) is 5.89. The summed E-state index contributed by atoms with van der Waals surface area (Å²) in [7, 11) is 0. The predicted octanol–water partition coefficient (Wildman–Crippen LogP) is 2.87. The van der Waals surface area contributed by atoms with Crippen LogP contribution in [0.15, 0.2) is 41.1 Å². The Morgan fingerprint density at radius 1 is 1.17 bits per heavy atom. The maximum absolute atomic E-state index is 4.99. The van der Waals surface area contributed by atoms with Crippen molar-refractivity contribution in [2.75, 3.05) is 0 Å². The molecule has 1 N–H and O–H groups in total. The molecule has 1 aliphatic heterocycles. The van der Waals surface area contributed by atoms with E-state index in [4.69, 9.17) is 4.52 Å². The monoisotopic (exact) mass is 157 g/mol. The van der Waals surface area contributed by atoms with Crippen molar-refractivity contribution in [3.05, 3.63) is 36.6 Å². The van der Waals surface area contributed by atoms with Gasteiger partial charge in [-0.1, -0.05) is 24.3 Å². The van der Waals surface area contributed by atoms with E-state index in [-0.39, 0.29) is 0 Å². The second-order valence-corrected chi connectivity index (χ2v) is 2.90. The van der Waals surface area contributed by atoms with Gasteiger partial charge in [0.2, 0.25) is 0 Å². The maximum atomic E-state index is 4.99. The Hall–Kier alpha value is -1.70. The van der Waals surface area contributed by atoms with Crippen molar-refractivity contribution in [2.24, 2.45) is 0 Å². The van der Waals surface area contributed by atoms with Crippen LogP contribution in [0.25, 0.3) is 22.0 Å². The zero-order chi connectivity index (χ0) is 7.97. The summed E-state index contributed by atoms with van der Waals surface area (Å²) in [5, 5.41) is 5.34. The summed E-state index contributed by atoms with van der Waals surface area (Å²) in [6.45, 7) is 0. The Labute approximate surface area is 69.1 Å². The third-order valence-corrected chi connectivity index (χ3v) is 2.19. The summed E-state index contributed by atoms with van der Waals surface area (Å²) >= 11 is 0. The number of aromatic nitrogens is 1. The Morgan fingerprint density at radius 2 is 2.08 bits per heavy atom. The number of benzene rings is 1. The van der Waals surface area contributed by atoms with Crippen molar-refractivity contribution in [3.8, 4) is 11.3 Å². The van der Waals surface area contributed by atoms with Gasteiger partial charge in [-0.05, 0) is 16.8 Å². The molecule has 1 aliphatic carbocycles. The lowest BCUT2D eigenvalue weighted by Gasteiger charge is -1.86. The van der Waals surface area contributed by atoms with E-state index >= 15 is 0 Å². The maximum Gasteiger partial charge on any atom is 0.129 e. The van der Waals surface area contributed by atoms with Crippen LogP contribution in [-0.2, 0) is 0 Å². The minimum absolute atomic E-state index is 1.07. The zero-order valence-electron chi connectivity index (χ0n) is 6.37. The first-order chi connectivity index (χ1) is 5.95. The number of H-pyrrole nitrogens is 1. The van der Waals surface area contributed by atoms with E-state index in [9.17, 15) is 0 Å². The van der Waals surface area contributed by atoms with Gasteiger partial charge in [-0.3, -0.25) is 0 Å². The molecule has 0 radical (unpaired) electrons. The summed E-state index contributed by atoms with van der Waals surface area (Å²) < 4.78 is 4.99. The average Bonchev–Trinajstić information content (AvgIpc) is 2.62. The number of fused-ring (bicyclic) bond motifs is 3. The summed E-state index contributed by atoms with van der Waals surface area (Å²) in [4.78, 5) is 0. The molecular weight excluding hydrogens is 150 g/mol. The fraction of sp³-hybridized carbons (Fsp3) is 0. The van der Waals surface area contributed by atoms with Crippen LogP contribution in [0, 0.1) is 0 Å². The van der Waals surface area contributed by atoms with Crippen molar-refractivity contribution >= 4 is 10.8 Å². The molecule has 12 heavy (non-hydrogen) atoms. The lowest BCUT2D eigenvalue weighted by atomic mass is 10.2. The summed E-state index contributed by atoms with van der Waals surface area (Å²) in [5.41, 5.74) is 2.22. The molecule has 2 aliphatic rings. The van der Waals surface area contributed by atoms with E-state index in [1.54, 1.807) is 6.26 Å². The van der Waals surface area contributed by atoms with Crippen molar-refractivity contribution in [3.63, 3.8) is 0 Å². The van der Waals surface area contributed by atoms with Gasteiger partial charge in [0.15, 0.2) is 0 Å². The number of aromatic amines is 1. The Kier molecular flexibility index (Phi) is 0.939. The molecule has 2 heteroatoms. The molecule has 0 spiro atoms. The van der Waals surface area contributed by atoms with Crippen LogP contribution in [0.3, 0.4) is 0 Å². The third-order valence-electron chi connectivity index (χ3n) is 2.19. The van der Waals surface area contributed by atoms with Gasteiger partial charge in [-0.15, -0.1) is 0 Å². The molecule has 0 saturated carbocycles. The number of nitrogens with one attached hydrogen (secondary N) is 1. The van der Waals surface area contributed by atoms with E-state index in [0.29, 0.717) is 0 Å². The lowest BCUT2D eigenvalue weighted by Crippen LogP contribution is -1.63. The third kappa shape index (κ3) is 0.593. The highest BCUT2D eigenvalue weighted by Gasteiger charge is 2.10. The van der Waals surface area contributed by atoms with Gasteiger partial charge in [-0.2, -0.15) is 0 Å². The van der Waals surface area contributed by atoms with Crippen LogP contribution < -0.4 is 0 Å². The fourth-order valence-corrected chi connectivity index (χ4v) is 1.61. The highest BCUT2D eigenvalue weighted by Crippen LogP contribution is 2.32. The molecule has 0 aromatic heterocycles. The highest BCUT2D eigenvalue weighted by atomic mass is 16.5. The highest BCUT2D eigenvalue weighted by molar-refractivity contribution is 6.00. The molecule has 3 rings (SSSR count). The SMILES string of the molecule is c1ccc2c3co[nH]c-3cc2c1. The van der Waals surface area contributed by atoms with Gasteiger partial charge in [0.25, 0.3) is 0 Å². The van der Waals surface area contributed by atoms with Crippen LogP contribution in [0.2, 0.25) is 0 Å². The Morgan fingerprint density at radius 3 is 3.08 bits per heavy atom. The Bertz CT molecular complexity index is 491. The molecule has 1 aromatic carbocycles. The Balaban J connectivity index is 2.59. The minimum Gasteiger partial charge on any atom is -0.389 e. The quantitative estimate of drug-likeness (QED) is 0.534. The normalized spacial score (nSPS) is 11.3. The first-order valence-corrected chi connectivity index (χ1v) is 3.88. The van der Waals surface area contributed by atoms with E-state index in [0.717, 1.165) is 11.3 Å². The van der Waals surface area contributed by atoms with Gasteiger partial charge >= 0.3 is 0 Å². The fourth-order valence-electron chi connectivity index (χ4n) is 1.61. The first-order valence-electron chi connectivity index (χ1n) is 3.88. The molecule has 2 nitrogen and oxygen atoms in total. The topological polar surface area (TPSA) is 28.9 Å². The average molecular weight is 157 g/mol. The largest absolute Gasteiger partial charge is 0.389 e. The van der Waals surface area contributed by atoms with Gasteiger partial charge < -0.3 is 4.52 Å². The van der Waals surface area contributed by atoms with Crippen LogP contribution in [0.4, 0.5) is 0 Å². The second-order valence-electron chi connectivity index (χ2n) is 2.90. The molecule has 0 fully saturated rings.